The molecule has 0 saturated carbocycles. The van der Waals surface area contributed by atoms with E-state index in [9.17, 15) is 14.0 Å². The lowest BCUT2D eigenvalue weighted by molar-refractivity contribution is -0.111. The van der Waals surface area contributed by atoms with Crippen molar-refractivity contribution in [1.29, 1.82) is 0 Å². The molecule has 1 amide bonds. The van der Waals surface area contributed by atoms with Gasteiger partial charge in [0.1, 0.15) is 29.4 Å². The SMILES string of the molecule is C=CC(=O)Nc1cc(Nc2ncc3c(n2)c(-c2cccc(F)c2)cc(=O)n3C)c(OC)cc1OCCN(C)C. The highest BCUT2D eigenvalue weighted by molar-refractivity contribution is 6.00. The van der Waals surface area contributed by atoms with E-state index in [0.717, 1.165) is 6.08 Å². The zero-order valence-corrected chi connectivity index (χ0v) is 22.1. The topological polar surface area (TPSA) is 111 Å². The van der Waals surface area contributed by atoms with Gasteiger partial charge in [-0.3, -0.25) is 9.59 Å². The fourth-order valence-corrected chi connectivity index (χ4v) is 3.85. The van der Waals surface area contributed by atoms with Gasteiger partial charge in [-0.25, -0.2) is 14.4 Å². The summed E-state index contributed by atoms with van der Waals surface area (Å²) in [6, 6.07) is 10.7. The maximum absolute atomic E-state index is 14.0. The third-order valence-electron chi connectivity index (χ3n) is 5.91. The number of pyridine rings is 1. The van der Waals surface area contributed by atoms with Crippen molar-refractivity contribution >= 4 is 34.3 Å². The lowest BCUT2D eigenvalue weighted by Gasteiger charge is -2.18. The molecular formula is C28H29FN6O4. The maximum atomic E-state index is 14.0. The average Bonchev–Trinajstić information content (AvgIpc) is 2.91. The van der Waals surface area contributed by atoms with E-state index in [1.165, 1.54) is 36.1 Å². The number of nitrogens with one attached hydrogen (secondary N) is 2. The van der Waals surface area contributed by atoms with E-state index in [2.05, 4.69) is 27.2 Å². The van der Waals surface area contributed by atoms with Crippen LogP contribution in [0.5, 0.6) is 11.5 Å². The second-order valence-electron chi connectivity index (χ2n) is 8.91. The number of methoxy groups -OCH3 is 1. The number of hydrogen-bond donors (Lipinski definition) is 2. The number of nitrogens with zero attached hydrogens (tertiary/aromatic N) is 4. The average molecular weight is 533 g/mol. The molecule has 2 N–H and O–H groups in total. The fourth-order valence-electron chi connectivity index (χ4n) is 3.85. The van der Waals surface area contributed by atoms with Gasteiger partial charge in [0.15, 0.2) is 0 Å². The minimum atomic E-state index is -0.430. The van der Waals surface area contributed by atoms with Crippen molar-refractivity contribution in [3.8, 4) is 22.6 Å². The number of aromatic nitrogens is 3. The molecule has 0 aliphatic carbocycles. The van der Waals surface area contributed by atoms with E-state index in [1.807, 2.05) is 19.0 Å². The van der Waals surface area contributed by atoms with Crippen LogP contribution in [0, 0.1) is 5.82 Å². The van der Waals surface area contributed by atoms with E-state index in [1.54, 1.807) is 31.3 Å². The van der Waals surface area contributed by atoms with Crippen molar-refractivity contribution in [2.24, 2.45) is 7.05 Å². The zero-order valence-electron chi connectivity index (χ0n) is 22.1. The molecule has 0 atom stereocenters. The number of amides is 1. The number of likely N-dealkylation sites (N-methyl/N-ethyl adjacent to an activating group) is 1. The van der Waals surface area contributed by atoms with Crippen LogP contribution in [0.15, 0.2) is 66.1 Å². The number of anilines is 3. The third kappa shape index (κ3) is 6.21. The summed E-state index contributed by atoms with van der Waals surface area (Å²) in [5, 5.41) is 5.87. The minimum Gasteiger partial charge on any atom is -0.494 e. The molecule has 4 aromatic rings. The smallest absolute Gasteiger partial charge is 0.251 e. The molecule has 2 heterocycles. The molecule has 0 aliphatic heterocycles. The molecule has 0 unspecified atom stereocenters. The van der Waals surface area contributed by atoms with Crippen LogP contribution >= 0.6 is 0 Å². The summed E-state index contributed by atoms with van der Waals surface area (Å²) in [4.78, 5) is 35.7. The Morgan fingerprint density at radius 1 is 1.18 bits per heavy atom. The van der Waals surface area contributed by atoms with Crippen molar-refractivity contribution in [2.45, 2.75) is 0 Å². The Morgan fingerprint density at radius 2 is 1.97 bits per heavy atom. The molecule has 202 valence electrons. The van der Waals surface area contributed by atoms with Crippen LogP contribution in [-0.2, 0) is 11.8 Å². The predicted molar refractivity (Wildman–Crippen MR) is 149 cm³/mol. The first-order valence-corrected chi connectivity index (χ1v) is 12.0. The number of halogens is 1. The molecule has 2 aromatic heterocycles. The number of hydrogen-bond acceptors (Lipinski definition) is 8. The van der Waals surface area contributed by atoms with E-state index >= 15 is 0 Å². The fraction of sp³-hybridized carbons (Fsp3) is 0.214. The van der Waals surface area contributed by atoms with E-state index in [-0.39, 0.29) is 11.5 Å². The van der Waals surface area contributed by atoms with Gasteiger partial charge in [0.2, 0.25) is 11.9 Å². The summed E-state index contributed by atoms with van der Waals surface area (Å²) in [5.74, 6) is 0.184. The second kappa shape index (κ2) is 11.7. The standard InChI is InChI=1S/C28H29FN6O4/c1-6-25(36)31-21-14-20(23(38-5)15-24(21)39-11-10-34(2)3)32-28-30-16-22-27(33-28)19(13-26(37)35(22)4)17-8-7-9-18(29)12-17/h6-9,12-16H,1,10-11H2,2-5H3,(H,31,36)(H,30,32,33). The van der Waals surface area contributed by atoms with E-state index in [4.69, 9.17) is 9.47 Å². The second-order valence-corrected chi connectivity index (χ2v) is 8.91. The highest BCUT2D eigenvalue weighted by Crippen LogP contribution is 2.38. The Bertz CT molecular complexity index is 1600. The molecule has 4 rings (SSSR count). The molecule has 11 heteroatoms. The molecule has 0 bridgehead atoms. The molecule has 0 saturated heterocycles. The first-order chi connectivity index (χ1) is 18.7. The van der Waals surface area contributed by atoms with E-state index < -0.39 is 11.7 Å². The van der Waals surface area contributed by atoms with Crippen molar-refractivity contribution in [3.63, 3.8) is 0 Å². The summed E-state index contributed by atoms with van der Waals surface area (Å²) in [6.45, 7) is 4.56. The lowest BCUT2D eigenvalue weighted by Crippen LogP contribution is -2.20. The Labute approximate surface area is 224 Å². The summed E-state index contributed by atoms with van der Waals surface area (Å²) in [5.41, 5.74) is 2.46. The molecular weight excluding hydrogens is 503 g/mol. The minimum absolute atomic E-state index is 0.194. The highest BCUT2D eigenvalue weighted by Gasteiger charge is 2.17. The third-order valence-corrected chi connectivity index (χ3v) is 5.91. The highest BCUT2D eigenvalue weighted by atomic mass is 19.1. The van der Waals surface area contributed by atoms with Crippen LogP contribution in [0.2, 0.25) is 0 Å². The molecule has 0 fully saturated rings. The Balaban J connectivity index is 1.78. The molecule has 0 spiro atoms. The van der Waals surface area contributed by atoms with Crippen LogP contribution < -0.4 is 25.7 Å². The van der Waals surface area contributed by atoms with Gasteiger partial charge < -0.3 is 29.6 Å². The number of benzene rings is 2. The molecule has 10 nitrogen and oxygen atoms in total. The van der Waals surface area contributed by atoms with Gasteiger partial charge in [0.25, 0.3) is 5.56 Å². The van der Waals surface area contributed by atoms with Gasteiger partial charge in [-0.15, -0.1) is 0 Å². The van der Waals surface area contributed by atoms with Crippen LogP contribution in [0.25, 0.3) is 22.2 Å². The van der Waals surface area contributed by atoms with Crippen molar-refractivity contribution < 1.29 is 18.7 Å². The number of carbonyl (C=O) groups is 1. The number of rotatable bonds is 10. The zero-order chi connectivity index (χ0) is 28.1. The lowest BCUT2D eigenvalue weighted by atomic mass is 10.0. The Kier molecular flexibility index (Phi) is 8.21. The Hall–Kier alpha value is -4.77. The van der Waals surface area contributed by atoms with Gasteiger partial charge in [-0.2, -0.15) is 0 Å². The quantitative estimate of drug-likeness (QED) is 0.296. The van der Waals surface area contributed by atoms with Crippen LogP contribution in [-0.4, -0.2) is 59.7 Å². The van der Waals surface area contributed by atoms with E-state index in [0.29, 0.717) is 58.2 Å². The first kappa shape index (κ1) is 27.3. The predicted octanol–water partition coefficient (Wildman–Crippen LogP) is 3.95. The molecule has 0 aliphatic rings. The summed E-state index contributed by atoms with van der Waals surface area (Å²) >= 11 is 0. The van der Waals surface area contributed by atoms with Gasteiger partial charge in [-0.05, 0) is 43.9 Å². The van der Waals surface area contributed by atoms with Crippen molar-refractivity contribution in [2.75, 3.05) is 45.0 Å². The molecule has 39 heavy (non-hydrogen) atoms. The Morgan fingerprint density at radius 3 is 2.67 bits per heavy atom. The van der Waals surface area contributed by atoms with Crippen LogP contribution in [0.3, 0.4) is 0 Å². The van der Waals surface area contributed by atoms with Gasteiger partial charge in [-0.1, -0.05) is 18.7 Å². The van der Waals surface area contributed by atoms with Crippen LogP contribution in [0.4, 0.5) is 21.7 Å². The number of carbonyl (C=O) groups excluding carboxylic acids is 1. The van der Waals surface area contributed by atoms with Gasteiger partial charge >= 0.3 is 0 Å². The number of aryl methyl sites for hydroxylation is 1. The monoisotopic (exact) mass is 532 g/mol. The van der Waals surface area contributed by atoms with Crippen LogP contribution in [0.1, 0.15) is 0 Å². The molecule has 2 aromatic carbocycles. The van der Waals surface area contributed by atoms with Gasteiger partial charge in [0.05, 0.1) is 30.2 Å². The largest absolute Gasteiger partial charge is 0.494 e. The van der Waals surface area contributed by atoms with Crippen molar-refractivity contribution in [1.82, 2.24) is 19.4 Å². The normalized spacial score (nSPS) is 10.9. The number of ether oxygens (including phenoxy) is 2. The first-order valence-electron chi connectivity index (χ1n) is 12.0. The summed E-state index contributed by atoms with van der Waals surface area (Å²) < 4.78 is 26.9. The molecule has 0 radical (unpaired) electrons. The van der Waals surface area contributed by atoms with Crippen molar-refractivity contribution in [3.05, 3.63) is 77.5 Å². The summed E-state index contributed by atoms with van der Waals surface area (Å²) in [6.07, 6.45) is 2.67. The maximum Gasteiger partial charge on any atom is 0.251 e. The number of fused-ring (bicyclic) bond motifs is 1. The van der Waals surface area contributed by atoms with Gasteiger partial charge in [0, 0.05) is 31.3 Å². The summed E-state index contributed by atoms with van der Waals surface area (Å²) in [7, 11) is 6.98.